The molecule has 0 radical (unpaired) electrons. The molecule has 0 unspecified atom stereocenters. The fourth-order valence-electron chi connectivity index (χ4n) is 3.96. The Balaban J connectivity index is 1.47. The minimum absolute atomic E-state index is 0.153. The molecule has 0 saturated heterocycles. The number of carbonyl (C=O) groups is 1. The quantitative estimate of drug-likeness (QED) is 0.337. The van der Waals surface area contributed by atoms with Gasteiger partial charge >= 0.3 is 0 Å². The average molecular weight is 498 g/mol. The summed E-state index contributed by atoms with van der Waals surface area (Å²) < 4.78 is 18.7. The lowest BCUT2D eigenvalue weighted by Gasteiger charge is -2.19. The number of anilines is 1. The number of rotatable bonds is 6. The van der Waals surface area contributed by atoms with E-state index in [1.54, 1.807) is 48.3 Å². The van der Waals surface area contributed by atoms with Gasteiger partial charge in [-0.3, -0.25) is 14.1 Å². The van der Waals surface area contributed by atoms with Crippen molar-refractivity contribution in [3.05, 3.63) is 81.6 Å². The Morgan fingerprint density at radius 3 is 2.65 bits per heavy atom. The van der Waals surface area contributed by atoms with Gasteiger partial charge in [-0.05, 0) is 60.5 Å². The number of ether oxygens (including phenoxy) is 3. The average Bonchev–Trinajstić information content (AvgIpc) is 3.45. The number of pyridine rings is 1. The number of amides is 1. The van der Waals surface area contributed by atoms with Gasteiger partial charge in [-0.1, -0.05) is 30.1 Å². The topological polar surface area (TPSA) is 65.3 Å². The third-order valence-electron chi connectivity index (χ3n) is 5.55. The zero-order chi connectivity index (χ0) is 23.8. The summed E-state index contributed by atoms with van der Waals surface area (Å²) in [6.45, 7) is 2.43. The Hall–Kier alpha value is -3.42. The number of halogens is 2. The van der Waals surface area contributed by atoms with Crippen molar-refractivity contribution in [2.45, 2.75) is 20.0 Å². The van der Waals surface area contributed by atoms with Crippen LogP contribution in [-0.4, -0.2) is 29.1 Å². The van der Waals surface area contributed by atoms with Crippen molar-refractivity contribution >= 4 is 40.6 Å². The molecule has 34 heavy (non-hydrogen) atoms. The van der Waals surface area contributed by atoms with Crippen LogP contribution >= 0.6 is 23.2 Å². The number of carbonyl (C=O) groups excluding carboxylic acids is 1. The van der Waals surface area contributed by atoms with Crippen molar-refractivity contribution < 1.29 is 19.0 Å². The first-order chi connectivity index (χ1) is 16.4. The Morgan fingerprint density at radius 2 is 1.88 bits per heavy atom. The van der Waals surface area contributed by atoms with Crippen LogP contribution in [-0.2, 0) is 13.0 Å². The SMILES string of the molecule is CCc1nc2c(OCc3cc(Cl)cc(Cl)c3)cccn2c1N(C)C(=O)c1ccc2c(c1)OCO2. The molecule has 0 bridgehead atoms. The number of hydrogen-bond acceptors (Lipinski definition) is 5. The van der Waals surface area contributed by atoms with Crippen LogP contribution in [0.2, 0.25) is 10.0 Å². The first-order valence-corrected chi connectivity index (χ1v) is 11.5. The first kappa shape index (κ1) is 22.4. The largest absolute Gasteiger partial charge is 0.485 e. The minimum atomic E-state index is -0.185. The molecule has 0 saturated carbocycles. The van der Waals surface area contributed by atoms with Crippen LogP contribution in [0.3, 0.4) is 0 Å². The van der Waals surface area contributed by atoms with Crippen molar-refractivity contribution in [3.63, 3.8) is 0 Å². The van der Waals surface area contributed by atoms with Crippen LogP contribution in [0.15, 0.2) is 54.7 Å². The maximum absolute atomic E-state index is 13.3. The van der Waals surface area contributed by atoms with Crippen LogP contribution in [0.4, 0.5) is 5.82 Å². The Morgan fingerprint density at radius 1 is 1.12 bits per heavy atom. The molecular formula is C25H21Cl2N3O4. The molecule has 7 nitrogen and oxygen atoms in total. The highest BCUT2D eigenvalue weighted by Gasteiger charge is 2.24. The molecule has 5 rings (SSSR count). The number of nitrogens with zero attached hydrogens (tertiary/aromatic N) is 3. The van der Waals surface area contributed by atoms with Crippen LogP contribution in [0, 0.1) is 0 Å². The molecule has 0 atom stereocenters. The normalized spacial score (nSPS) is 12.2. The van der Waals surface area contributed by atoms with Crippen molar-refractivity contribution in [1.82, 2.24) is 9.38 Å². The van der Waals surface area contributed by atoms with E-state index in [0.29, 0.717) is 50.7 Å². The maximum atomic E-state index is 13.3. The van der Waals surface area contributed by atoms with Gasteiger partial charge in [0.2, 0.25) is 6.79 Å². The van der Waals surface area contributed by atoms with Crippen LogP contribution in [0.5, 0.6) is 17.2 Å². The predicted octanol–water partition coefficient (Wildman–Crippen LogP) is 5.79. The molecule has 174 valence electrons. The molecule has 0 N–H and O–H groups in total. The van der Waals surface area contributed by atoms with Gasteiger partial charge in [0, 0.05) is 28.9 Å². The lowest BCUT2D eigenvalue weighted by molar-refractivity contribution is 0.0991. The van der Waals surface area contributed by atoms with Gasteiger partial charge in [0.25, 0.3) is 5.91 Å². The highest BCUT2D eigenvalue weighted by Crippen LogP contribution is 2.34. The van der Waals surface area contributed by atoms with Gasteiger partial charge in [0.15, 0.2) is 22.9 Å². The van der Waals surface area contributed by atoms with Crippen LogP contribution < -0.4 is 19.1 Å². The number of fused-ring (bicyclic) bond motifs is 2. The summed E-state index contributed by atoms with van der Waals surface area (Å²) in [6, 6.07) is 14.2. The fourth-order valence-corrected chi connectivity index (χ4v) is 4.53. The molecule has 2 aromatic heterocycles. The van der Waals surface area contributed by atoms with E-state index < -0.39 is 0 Å². The van der Waals surface area contributed by atoms with Gasteiger partial charge in [-0.2, -0.15) is 0 Å². The van der Waals surface area contributed by atoms with Gasteiger partial charge in [0.05, 0.1) is 5.69 Å². The molecular weight excluding hydrogens is 477 g/mol. The minimum Gasteiger partial charge on any atom is -0.485 e. The zero-order valence-corrected chi connectivity index (χ0v) is 20.1. The number of aromatic nitrogens is 2. The summed E-state index contributed by atoms with van der Waals surface area (Å²) in [5.74, 6) is 2.27. The molecule has 1 aliphatic rings. The number of hydrogen-bond donors (Lipinski definition) is 0. The Labute approximate surface area is 206 Å². The Kier molecular flexibility index (Phi) is 5.98. The molecule has 1 amide bonds. The van der Waals surface area contributed by atoms with E-state index in [4.69, 9.17) is 42.4 Å². The highest BCUT2D eigenvalue weighted by molar-refractivity contribution is 6.34. The summed E-state index contributed by atoms with van der Waals surface area (Å²) in [4.78, 5) is 19.7. The van der Waals surface area contributed by atoms with Crippen molar-refractivity contribution in [1.29, 1.82) is 0 Å². The van der Waals surface area contributed by atoms with Crippen molar-refractivity contribution in [2.24, 2.45) is 0 Å². The van der Waals surface area contributed by atoms with E-state index in [0.717, 1.165) is 11.3 Å². The summed E-state index contributed by atoms with van der Waals surface area (Å²) in [7, 11) is 1.73. The van der Waals surface area contributed by atoms with Crippen molar-refractivity contribution in [2.75, 3.05) is 18.7 Å². The van der Waals surface area contributed by atoms with Gasteiger partial charge in [0.1, 0.15) is 12.4 Å². The lowest BCUT2D eigenvalue weighted by atomic mass is 10.1. The lowest BCUT2D eigenvalue weighted by Crippen LogP contribution is -2.28. The number of imidazole rings is 1. The molecule has 1 aliphatic heterocycles. The van der Waals surface area contributed by atoms with Gasteiger partial charge < -0.3 is 14.2 Å². The zero-order valence-electron chi connectivity index (χ0n) is 18.5. The third-order valence-corrected chi connectivity index (χ3v) is 5.99. The van der Waals surface area contributed by atoms with E-state index in [1.165, 1.54) is 0 Å². The number of benzene rings is 2. The summed E-state index contributed by atoms with van der Waals surface area (Å²) in [5, 5.41) is 1.09. The second-order valence-corrected chi connectivity index (χ2v) is 8.67. The first-order valence-electron chi connectivity index (χ1n) is 10.7. The van der Waals surface area contributed by atoms with Crippen molar-refractivity contribution in [3.8, 4) is 17.2 Å². The summed E-state index contributed by atoms with van der Waals surface area (Å²) in [5.41, 5.74) is 2.73. The summed E-state index contributed by atoms with van der Waals surface area (Å²) in [6.07, 6.45) is 2.50. The molecule has 0 aliphatic carbocycles. The van der Waals surface area contributed by atoms with E-state index in [9.17, 15) is 4.79 Å². The van der Waals surface area contributed by atoms with Gasteiger partial charge in [-0.15, -0.1) is 0 Å². The van der Waals surface area contributed by atoms with Gasteiger partial charge in [-0.25, -0.2) is 4.98 Å². The molecule has 9 heteroatoms. The van der Waals surface area contributed by atoms with Crippen LogP contribution in [0.25, 0.3) is 5.65 Å². The molecule has 0 fully saturated rings. The second-order valence-electron chi connectivity index (χ2n) is 7.80. The predicted molar refractivity (Wildman–Crippen MR) is 131 cm³/mol. The van der Waals surface area contributed by atoms with E-state index >= 15 is 0 Å². The monoisotopic (exact) mass is 497 g/mol. The van der Waals surface area contributed by atoms with E-state index in [1.807, 2.05) is 29.7 Å². The highest BCUT2D eigenvalue weighted by atomic mass is 35.5. The standard InChI is InChI=1S/C25H21Cl2N3O4/c1-3-19-24(29(2)25(31)16-6-7-20-22(11-16)34-14-33-20)30-8-4-5-21(23(30)28-19)32-13-15-9-17(26)12-18(27)10-15/h4-12H,3,13-14H2,1-2H3. The van der Waals surface area contributed by atoms with E-state index in [2.05, 4.69) is 0 Å². The molecule has 3 heterocycles. The molecule has 4 aromatic rings. The number of aryl methyl sites for hydroxylation is 1. The van der Waals surface area contributed by atoms with E-state index in [-0.39, 0.29) is 19.3 Å². The smallest absolute Gasteiger partial charge is 0.259 e. The second kappa shape index (κ2) is 9.08. The fraction of sp³-hybridized carbons (Fsp3) is 0.200. The third kappa shape index (κ3) is 4.13. The molecule has 0 spiro atoms. The van der Waals surface area contributed by atoms with Crippen LogP contribution in [0.1, 0.15) is 28.5 Å². The maximum Gasteiger partial charge on any atom is 0.259 e. The summed E-state index contributed by atoms with van der Waals surface area (Å²) >= 11 is 12.2. The molecule has 2 aromatic carbocycles. The Bertz CT molecular complexity index is 1380.